The lowest BCUT2D eigenvalue weighted by Gasteiger charge is -2.29. The molecule has 2 atom stereocenters. The van der Waals surface area contributed by atoms with E-state index in [2.05, 4.69) is 4.72 Å². The molecule has 0 aliphatic heterocycles. The highest BCUT2D eigenvalue weighted by molar-refractivity contribution is 7.89. The number of hydrogen-bond acceptors (Lipinski definition) is 3. The molecule has 2 unspecified atom stereocenters. The zero-order valence-corrected chi connectivity index (χ0v) is 13.1. The molecule has 1 rings (SSSR count). The van der Waals surface area contributed by atoms with Gasteiger partial charge in [0.15, 0.2) is 0 Å². The van der Waals surface area contributed by atoms with Crippen molar-refractivity contribution >= 4 is 10.0 Å². The number of hydrogen-bond donors (Lipinski definition) is 2. The van der Waals surface area contributed by atoms with Crippen LogP contribution in [0.1, 0.15) is 32.8 Å². The molecule has 0 radical (unpaired) electrons. The maximum absolute atomic E-state index is 13.3. The van der Waals surface area contributed by atoms with Gasteiger partial charge in [-0.2, -0.15) is 0 Å². The molecule has 4 nitrogen and oxygen atoms in total. The Morgan fingerprint density at radius 3 is 2.50 bits per heavy atom. The Balaban J connectivity index is 2.91. The smallest absolute Gasteiger partial charge is 0.240 e. The van der Waals surface area contributed by atoms with Crippen molar-refractivity contribution in [3.8, 4) is 0 Å². The van der Waals surface area contributed by atoms with E-state index in [0.29, 0.717) is 5.56 Å². The second-order valence-electron chi connectivity index (χ2n) is 5.46. The number of aliphatic hydroxyl groups is 1. The van der Waals surface area contributed by atoms with E-state index in [1.807, 2.05) is 13.8 Å². The molecule has 0 amide bonds. The molecule has 0 saturated heterocycles. The number of nitrogens with one attached hydrogen (secondary N) is 1. The SMILES string of the molecule is CCC(C)C(C)(O)CNS(=O)(=O)c1cc(C)cc(F)c1. The van der Waals surface area contributed by atoms with E-state index in [-0.39, 0.29) is 17.4 Å². The molecule has 20 heavy (non-hydrogen) atoms. The third-order valence-corrected chi connectivity index (χ3v) is 5.00. The van der Waals surface area contributed by atoms with Crippen LogP contribution in [0.5, 0.6) is 0 Å². The van der Waals surface area contributed by atoms with E-state index >= 15 is 0 Å². The van der Waals surface area contributed by atoms with Crippen molar-refractivity contribution in [3.63, 3.8) is 0 Å². The molecule has 0 fully saturated rings. The van der Waals surface area contributed by atoms with Crippen LogP contribution in [0.3, 0.4) is 0 Å². The molecule has 0 aliphatic carbocycles. The monoisotopic (exact) mass is 303 g/mol. The topological polar surface area (TPSA) is 66.4 Å². The summed E-state index contributed by atoms with van der Waals surface area (Å²) in [5.74, 6) is -0.654. The lowest BCUT2D eigenvalue weighted by molar-refractivity contribution is 0.0102. The van der Waals surface area contributed by atoms with Gasteiger partial charge in [0.1, 0.15) is 5.82 Å². The minimum absolute atomic E-state index is 0.0561. The first-order valence-corrected chi connectivity index (χ1v) is 8.06. The number of halogens is 1. The van der Waals surface area contributed by atoms with Gasteiger partial charge < -0.3 is 5.11 Å². The second-order valence-corrected chi connectivity index (χ2v) is 7.22. The predicted molar refractivity (Wildman–Crippen MR) is 76.4 cm³/mol. The van der Waals surface area contributed by atoms with Crippen LogP contribution in [0.15, 0.2) is 23.1 Å². The van der Waals surface area contributed by atoms with Crippen molar-refractivity contribution in [2.24, 2.45) is 5.92 Å². The first kappa shape index (κ1) is 17.1. The summed E-state index contributed by atoms with van der Waals surface area (Å²) in [5.41, 5.74) is -0.622. The Morgan fingerprint density at radius 1 is 1.40 bits per heavy atom. The fraction of sp³-hybridized carbons (Fsp3) is 0.571. The Morgan fingerprint density at radius 2 is 2.00 bits per heavy atom. The van der Waals surface area contributed by atoms with Crippen molar-refractivity contribution in [1.29, 1.82) is 0 Å². The molecule has 0 bridgehead atoms. The van der Waals surface area contributed by atoms with Crippen LogP contribution in [-0.2, 0) is 10.0 Å². The molecule has 0 aliphatic rings. The third-order valence-electron chi connectivity index (χ3n) is 3.62. The molecule has 6 heteroatoms. The summed E-state index contributed by atoms with van der Waals surface area (Å²) in [7, 11) is -3.83. The number of sulfonamides is 1. The third kappa shape index (κ3) is 4.26. The fourth-order valence-corrected chi connectivity index (χ4v) is 3.05. The average molecular weight is 303 g/mol. The Kier molecular flexibility index (Phi) is 5.29. The van der Waals surface area contributed by atoms with Crippen molar-refractivity contribution < 1.29 is 17.9 Å². The summed E-state index contributed by atoms with van der Waals surface area (Å²) in [6, 6.07) is 3.62. The van der Waals surface area contributed by atoms with Crippen LogP contribution < -0.4 is 4.72 Å². The maximum atomic E-state index is 13.3. The molecule has 0 heterocycles. The molecular weight excluding hydrogens is 281 g/mol. The molecule has 1 aromatic carbocycles. The average Bonchev–Trinajstić information content (AvgIpc) is 2.34. The van der Waals surface area contributed by atoms with E-state index in [0.717, 1.165) is 12.5 Å². The van der Waals surface area contributed by atoms with Crippen LogP contribution in [0, 0.1) is 18.7 Å². The van der Waals surface area contributed by atoms with Crippen molar-refractivity contribution in [1.82, 2.24) is 4.72 Å². The van der Waals surface area contributed by atoms with Crippen molar-refractivity contribution in [2.75, 3.05) is 6.54 Å². The van der Waals surface area contributed by atoms with Gasteiger partial charge in [-0.05, 0) is 43.5 Å². The Hall–Kier alpha value is -0.980. The highest BCUT2D eigenvalue weighted by Crippen LogP contribution is 2.20. The van der Waals surface area contributed by atoms with Gasteiger partial charge in [0.25, 0.3) is 0 Å². The summed E-state index contributed by atoms with van der Waals surface area (Å²) in [6.45, 7) is 6.86. The largest absolute Gasteiger partial charge is 0.389 e. The highest BCUT2D eigenvalue weighted by atomic mass is 32.2. The number of aryl methyl sites for hydroxylation is 1. The minimum atomic E-state index is -3.83. The zero-order chi connectivity index (χ0) is 15.6. The highest BCUT2D eigenvalue weighted by Gasteiger charge is 2.29. The first-order chi connectivity index (χ1) is 9.08. The van der Waals surface area contributed by atoms with Crippen LogP contribution in [0.25, 0.3) is 0 Å². The Bertz CT molecular complexity index is 550. The molecule has 114 valence electrons. The quantitative estimate of drug-likeness (QED) is 0.847. The van der Waals surface area contributed by atoms with Gasteiger partial charge in [0, 0.05) is 6.54 Å². The van der Waals surface area contributed by atoms with Crippen LogP contribution >= 0.6 is 0 Å². The van der Waals surface area contributed by atoms with Crippen molar-refractivity contribution in [2.45, 2.75) is 44.6 Å². The summed E-state index contributed by atoms with van der Waals surface area (Å²) in [4.78, 5) is -0.130. The lowest BCUT2D eigenvalue weighted by atomic mass is 9.89. The molecule has 0 saturated carbocycles. The predicted octanol–water partition coefficient (Wildman–Crippen LogP) is 2.21. The van der Waals surface area contributed by atoms with Gasteiger partial charge >= 0.3 is 0 Å². The van der Waals surface area contributed by atoms with Crippen LogP contribution in [0.2, 0.25) is 0 Å². The van der Waals surface area contributed by atoms with E-state index < -0.39 is 21.4 Å². The second kappa shape index (κ2) is 6.20. The Labute approximate surface area is 120 Å². The zero-order valence-electron chi connectivity index (χ0n) is 12.3. The normalized spacial score (nSPS) is 16.7. The fourth-order valence-electron chi connectivity index (χ4n) is 1.80. The van der Waals surface area contributed by atoms with E-state index in [9.17, 15) is 17.9 Å². The van der Waals surface area contributed by atoms with E-state index in [4.69, 9.17) is 0 Å². The molecule has 2 N–H and O–H groups in total. The molecule has 0 aromatic heterocycles. The molecule has 1 aromatic rings. The van der Waals surface area contributed by atoms with Crippen LogP contribution in [-0.4, -0.2) is 25.7 Å². The van der Waals surface area contributed by atoms with Gasteiger partial charge in [-0.3, -0.25) is 0 Å². The van der Waals surface area contributed by atoms with Gasteiger partial charge in [0.2, 0.25) is 10.0 Å². The van der Waals surface area contributed by atoms with Crippen LogP contribution in [0.4, 0.5) is 4.39 Å². The van der Waals surface area contributed by atoms with Crippen molar-refractivity contribution in [3.05, 3.63) is 29.6 Å². The minimum Gasteiger partial charge on any atom is -0.389 e. The summed E-state index contributed by atoms with van der Waals surface area (Å²) in [6.07, 6.45) is 0.730. The lowest BCUT2D eigenvalue weighted by Crippen LogP contribution is -2.45. The first-order valence-electron chi connectivity index (χ1n) is 6.57. The number of benzene rings is 1. The summed E-state index contributed by atoms with van der Waals surface area (Å²) < 4.78 is 39.8. The van der Waals surface area contributed by atoms with E-state index in [1.165, 1.54) is 12.1 Å². The van der Waals surface area contributed by atoms with Gasteiger partial charge in [-0.15, -0.1) is 0 Å². The summed E-state index contributed by atoms with van der Waals surface area (Å²) in [5, 5.41) is 10.2. The standard InChI is InChI=1S/C14H22FNO3S/c1-5-11(3)14(4,17)9-16-20(18,19)13-7-10(2)6-12(15)8-13/h6-8,11,16-17H,5,9H2,1-4H3. The van der Waals surface area contributed by atoms with Gasteiger partial charge in [-0.25, -0.2) is 17.5 Å². The molecular formula is C14H22FNO3S. The summed E-state index contributed by atoms with van der Waals surface area (Å²) >= 11 is 0. The maximum Gasteiger partial charge on any atom is 0.240 e. The van der Waals surface area contributed by atoms with Gasteiger partial charge in [-0.1, -0.05) is 20.3 Å². The van der Waals surface area contributed by atoms with E-state index in [1.54, 1.807) is 13.8 Å². The number of rotatable bonds is 6. The molecule has 0 spiro atoms. The van der Waals surface area contributed by atoms with Gasteiger partial charge in [0.05, 0.1) is 10.5 Å².